The van der Waals surface area contributed by atoms with Crippen LogP contribution in [-0.4, -0.2) is 44.0 Å². The van der Waals surface area contributed by atoms with Gasteiger partial charge in [-0.2, -0.15) is 0 Å². The van der Waals surface area contributed by atoms with Crippen LogP contribution in [0.1, 0.15) is 38.9 Å². The maximum atomic E-state index is 10.5. The molecule has 3 rings (SSSR count). The SMILES string of the molecule is CC1(C)CCCC(CN2CCn3cnnc3C2)C1O. The van der Waals surface area contributed by atoms with E-state index in [-0.39, 0.29) is 11.5 Å². The molecule has 1 fully saturated rings. The van der Waals surface area contributed by atoms with Gasteiger partial charge in [0, 0.05) is 19.6 Å². The highest BCUT2D eigenvalue weighted by atomic mass is 16.3. The zero-order valence-electron chi connectivity index (χ0n) is 11.9. The molecule has 2 atom stereocenters. The number of fused-ring (bicyclic) bond motifs is 1. The topological polar surface area (TPSA) is 54.2 Å². The molecule has 1 aliphatic heterocycles. The Hall–Kier alpha value is -0.940. The van der Waals surface area contributed by atoms with Crippen molar-refractivity contribution in [2.75, 3.05) is 13.1 Å². The van der Waals surface area contributed by atoms with Crippen molar-refractivity contribution in [2.45, 2.75) is 52.3 Å². The van der Waals surface area contributed by atoms with E-state index in [1.165, 1.54) is 6.42 Å². The number of aliphatic hydroxyl groups excluding tert-OH is 1. The Kier molecular flexibility index (Phi) is 3.35. The molecule has 0 aromatic carbocycles. The molecule has 19 heavy (non-hydrogen) atoms. The standard InChI is InChI=1S/C14H24N4O/c1-14(2)5-3-4-11(13(14)19)8-17-6-7-18-10-15-16-12(18)9-17/h10-11,13,19H,3-9H2,1-2H3. The van der Waals surface area contributed by atoms with Crippen LogP contribution in [0.5, 0.6) is 0 Å². The minimum absolute atomic E-state index is 0.0682. The fourth-order valence-corrected chi connectivity index (χ4v) is 3.56. The summed E-state index contributed by atoms with van der Waals surface area (Å²) in [4.78, 5) is 2.42. The lowest BCUT2D eigenvalue weighted by atomic mass is 9.69. The van der Waals surface area contributed by atoms with E-state index < -0.39 is 0 Å². The van der Waals surface area contributed by atoms with Gasteiger partial charge in [0.15, 0.2) is 0 Å². The maximum absolute atomic E-state index is 10.5. The predicted molar refractivity (Wildman–Crippen MR) is 72.4 cm³/mol. The van der Waals surface area contributed by atoms with Crippen molar-refractivity contribution in [3.63, 3.8) is 0 Å². The van der Waals surface area contributed by atoms with E-state index in [0.717, 1.165) is 44.8 Å². The zero-order chi connectivity index (χ0) is 13.5. The van der Waals surface area contributed by atoms with Gasteiger partial charge in [0.25, 0.3) is 0 Å². The molecule has 0 radical (unpaired) electrons. The molecule has 1 N–H and O–H groups in total. The van der Waals surface area contributed by atoms with Crippen molar-refractivity contribution >= 4 is 0 Å². The molecular weight excluding hydrogens is 240 g/mol. The number of hydrogen-bond donors (Lipinski definition) is 1. The van der Waals surface area contributed by atoms with Gasteiger partial charge >= 0.3 is 0 Å². The molecule has 0 bridgehead atoms. The highest BCUT2D eigenvalue weighted by molar-refractivity contribution is 4.93. The van der Waals surface area contributed by atoms with Crippen LogP contribution in [0.2, 0.25) is 0 Å². The van der Waals surface area contributed by atoms with E-state index >= 15 is 0 Å². The van der Waals surface area contributed by atoms with E-state index in [1.807, 2.05) is 6.33 Å². The first-order valence-corrected chi connectivity index (χ1v) is 7.33. The number of nitrogens with zero attached hydrogens (tertiary/aromatic N) is 4. The van der Waals surface area contributed by atoms with Gasteiger partial charge in [-0.15, -0.1) is 10.2 Å². The van der Waals surface area contributed by atoms with Crippen molar-refractivity contribution < 1.29 is 5.11 Å². The van der Waals surface area contributed by atoms with Crippen molar-refractivity contribution in [1.29, 1.82) is 0 Å². The van der Waals surface area contributed by atoms with Crippen LogP contribution >= 0.6 is 0 Å². The lowest BCUT2D eigenvalue weighted by Gasteiger charge is -2.43. The van der Waals surface area contributed by atoms with Crippen LogP contribution in [0, 0.1) is 11.3 Å². The molecule has 2 aliphatic rings. The maximum Gasteiger partial charge on any atom is 0.147 e. The van der Waals surface area contributed by atoms with Crippen LogP contribution in [-0.2, 0) is 13.1 Å². The molecule has 106 valence electrons. The summed E-state index contributed by atoms with van der Waals surface area (Å²) in [6.07, 6.45) is 5.15. The first kappa shape index (κ1) is 13.1. The number of aliphatic hydroxyl groups is 1. The summed E-state index contributed by atoms with van der Waals surface area (Å²) < 4.78 is 2.12. The van der Waals surface area contributed by atoms with Gasteiger partial charge in [-0.3, -0.25) is 4.90 Å². The lowest BCUT2D eigenvalue weighted by molar-refractivity contribution is -0.0452. The second-order valence-electron chi connectivity index (χ2n) is 6.76. The summed E-state index contributed by atoms with van der Waals surface area (Å²) in [5.74, 6) is 1.45. The Balaban J connectivity index is 1.63. The minimum Gasteiger partial charge on any atom is -0.392 e. The van der Waals surface area contributed by atoms with Gasteiger partial charge in [-0.05, 0) is 24.2 Å². The number of rotatable bonds is 2. The summed E-state index contributed by atoms with van der Waals surface area (Å²) in [5.41, 5.74) is 0.0682. The third kappa shape index (κ3) is 2.54. The molecule has 0 spiro atoms. The molecule has 5 nitrogen and oxygen atoms in total. The third-order valence-electron chi connectivity index (χ3n) is 4.85. The summed E-state index contributed by atoms with van der Waals surface area (Å²) in [6, 6.07) is 0. The predicted octanol–water partition coefficient (Wildman–Crippen LogP) is 1.28. The average molecular weight is 264 g/mol. The Labute approximate surface area is 114 Å². The molecule has 2 heterocycles. The highest BCUT2D eigenvalue weighted by Crippen LogP contribution is 2.39. The van der Waals surface area contributed by atoms with Crippen LogP contribution in [0.3, 0.4) is 0 Å². The Bertz CT molecular complexity index is 442. The molecule has 1 aromatic heterocycles. The minimum atomic E-state index is -0.180. The van der Waals surface area contributed by atoms with E-state index in [0.29, 0.717) is 5.92 Å². The molecule has 1 saturated carbocycles. The van der Waals surface area contributed by atoms with Gasteiger partial charge < -0.3 is 9.67 Å². The molecule has 5 heteroatoms. The van der Waals surface area contributed by atoms with Gasteiger partial charge in [0.05, 0.1) is 12.6 Å². The second-order valence-corrected chi connectivity index (χ2v) is 6.76. The van der Waals surface area contributed by atoms with E-state index in [9.17, 15) is 5.11 Å². The van der Waals surface area contributed by atoms with E-state index in [1.54, 1.807) is 0 Å². The quantitative estimate of drug-likeness (QED) is 0.874. The van der Waals surface area contributed by atoms with E-state index in [4.69, 9.17) is 0 Å². The van der Waals surface area contributed by atoms with Gasteiger partial charge in [0.2, 0.25) is 0 Å². The molecule has 0 saturated heterocycles. The summed E-state index contributed by atoms with van der Waals surface area (Å²) >= 11 is 0. The monoisotopic (exact) mass is 264 g/mol. The zero-order valence-corrected chi connectivity index (χ0v) is 11.9. The van der Waals surface area contributed by atoms with Gasteiger partial charge in [-0.25, -0.2) is 0 Å². The van der Waals surface area contributed by atoms with Crippen LogP contribution in [0.25, 0.3) is 0 Å². The van der Waals surface area contributed by atoms with Crippen molar-refractivity contribution in [1.82, 2.24) is 19.7 Å². The number of hydrogen-bond acceptors (Lipinski definition) is 4. The lowest BCUT2D eigenvalue weighted by Crippen LogP contribution is -2.46. The molecule has 1 aliphatic carbocycles. The molecule has 2 unspecified atom stereocenters. The first-order chi connectivity index (χ1) is 9.06. The van der Waals surface area contributed by atoms with Gasteiger partial charge in [-0.1, -0.05) is 20.3 Å². The normalized spacial score (nSPS) is 31.1. The van der Waals surface area contributed by atoms with Crippen molar-refractivity contribution in [2.24, 2.45) is 11.3 Å². The fourth-order valence-electron chi connectivity index (χ4n) is 3.56. The Morgan fingerprint density at radius 2 is 2.26 bits per heavy atom. The summed E-state index contributed by atoms with van der Waals surface area (Å²) in [6.45, 7) is 8.23. The molecular formula is C14H24N4O. The summed E-state index contributed by atoms with van der Waals surface area (Å²) in [7, 11) is 0. The first-order valence-electron chi connectivity index (χ1n) is 7.33. The van der Waals surface area contributed by atoms with Crippen molar-refractivity contribution in [3.05, 3.63) is 12.2 Å². The highest BCUT2D eigenvalue weighted by Gasteiger charge is 2.38. The third-order valence-corrected chi connectivity index (χ3v) is 4.85. The molecule has 1 aromatic rings. The Morgan fingerprint density at radius 1 is 1.42 bits per heavy atom. The van der Waals surface area contributed by atoms with Gasteiger partial charge in [0.1, 0.15) is 12.2 Å². The van der Waals surface area contributed by atoms with Crippen LogP contribution in [0.4, 0.5) is 0 Å². The average Bonchev–Trinajstić information content (AvgIpc) is 2.82. The largest absolute Gasteiger partial charge is 0.392 e. The van der Waals surface area contributed by atoms with E-state index in [2.05, 4.69) is 33.5 Å². The number of aromatic nitrogens is 3. The fraction of sp³-hybridized carbons (Fsp3) is 0.857. The molecule has 0 amide bonds. The van der Waals surface area contributed by atoms with Crippen LogP contribution < -0.4 is 0 Å². The smallest absolute Gasteiger partial charge is 0.147 e. The Morgan fingerprint density at radius 3 is 3.11 bits per heavy atom. The summed E-state index contributed by atoms with van der Waals surface area (Å²) in [5, 5.41) is 18.6. The van der Waals surface area contributed by atoms with Crippen LogP contribution in [0.15, 0.2) is 6.33 Å². The van der Waals surface area contributed by atoms with Crippen molar-refractivity contribution in [3.8, 4) is 0 Å². The second kappa shape index (κ2) is 4.87.